The van der Waals surface area contributed by atoms with E-state index in [0.29, 0.717) is 19.0 Å². The van der Waals surface area contributed by atoms with Crippen LogP contribution < -0.4 is 10.6 Å². The summed E-state index contributed by atoms with van der Waals surface area (Å²) in [6, 6.07) is 16.6. The number of aliphatic imine (C=N–C) groups is 1. The topological polar surface area (TPSA) is 67.1 Å². The molecule has 1 heterocycles. The number of nitrogens with zero attached hydrogens (tertiary/aromatic N) is 4. The fourth-order valence-corrected chi connectivity index (χ4v) is 2.88. The largest absolute Gasteiger partial charge is 0.356 e. The molecule has 2 N–H and O–H groups in total. The summed E-state index contributed by atoms with van der Waals surface area (Å²) in [6.45, 7) is 5.19. The normalized spacial score (nSPS) is 12.1. The van der Waals surface area contributed by atoms with Crippen LogP contribution in [0.4, 0.5) is 4.39 Å². The Bertz CT molecular complexity index is 933. The fourth-order valence-electron chi connectivity index (χ4n) is 2.88. The minimum absolute atomic E-state index is 0.228. The third-order valence-electron chi connectivity index (χ3n) is 4.59. The molecule has 0 atom stereocenters. The van der Waals surface area contributed by atoms with Crippen LogP contribution >= 0.6 is 0 Å². The molecule has 2 aromatic carbocycles. The highest BCUT2D eigenvalue weighted by molar-refractivity contribution is 5.79. The van der Waals surface area contributed by atoms with Crippen molar-refractivity contribution in [2.45, 2.75) is 25.8 Å². The number of hydrogen-bond donors (Lipinski definition) is 2. The Morgan fingerprint density at radius 3 is 2.61 bits per heavy atom. The van der Waals surface area contributed by atoms with Crippen LogP contribution in [0.2, 0.25) is 0 Å². The Labute approximate surface area is 164 Å². The maximum atomic E-state index is 13.5. The quantitative estimate of drug-likeness (QED) is 0.510. The highest BCUT2D eigenvalue weighted by atomic mass is 19.1. The standard InChI is InChI=1S/C21H25FN6/c1-21(2,16-8-7-9-17(22)12-16)14-25-20(23-3)24-13-19-27-26-15-28(19)18-10-5-4-6-11-18/h4-12,15H,13-14H2,1-3H3,(H2,23,24,25). The highest BCUT2D eigenvalue weighted by Crippen LogP contribution is 2.22. The average Bonchev–Trinajstić information content (AvgIpc) is 3.17. The van der Waals surface area contributed by atoms with Crippen molar-refractivity contribution in [1.82, 2.24) is 25.4 Å². The second-order valence-electron chi connectivity index (χ2n) is 7.13. The van der Waals surface area contributed by atoms with Gasteiger partial charge in [0.1, 0.15) is 12.1 Å². The van der Waals surface area contributed by atoms with Gasteiger partial charge in [0.2, 0.25) is 0 Å². The fraction of sp³-hybridized carbons (Fsp3) is 0.286. The van der Waals surface area contributed by atoms with E-state index in [9.17, 15) is 4.39 Å². The number of hydrogen-bond acceptors (Lipinski definition) is 3. The zero-order chi connectivity index (χ0) is 20.0. The zero-order valence-electron chi connectivity index (χ0n) is 16.4. The molecule has 0 amide bonds. The van der Waals surface area contributed by atoms with Crippen LogP contribution in [0.5, 0.6) is 0 Å². The van der Waals surface area contributed by atoms with Crippen molar-refractivity contribution < 1.29 is 4.39 Å². The Morgan fingerprint density at radius 1 is 1.11 bits per heavy atom. The lowest BCUT2D eigenvalue weighted by Gasteiger charge is -2.26. The number of para-hydroxylation sites is 1. The first-order valence-corrected chi connectivity index (χ1v) is 9.14. The molecule has 0 bridgehead atoms. The summed E-state index contributed by atoms with van der Waals surface area (Å²) in [4.78, 5) is 4.27. The molecule has 3 rings (SSSR count). The van der Waals surface area contributed by atoms with E-state index in [2.05, 4.69) is 39.7 Å². The van der Waals surface area contributed by atoms with Gasteiger partial charge in [-0.05, 0) is 29.8 Å². The summed E-state index contributed by atoms with van der Waals surface area (Å²) in [5.41, 5.74) is 1.67. The van der Waals surface area contributed by atoms with Gasteiger partial charge in [-0.1, -0.05) is 44.2 Å². The molecular weight excluding hydrogens is 355 g/mol. The molecule has 0 spiro atoms. The van der Waals surface area contributed by atoms with E-state index in [1.165, 1.54) is 6.07 Å². The van der Waals surface area contributed by atoms with Gasteiger partial charge in [0.15, 0.2) is 11.8 Å². The van der Waals surface area contributed by atoms with Crippen molar-refractivity contribution in [3.05, 3.63) is 78.1 Å². The van der Waals surface area contributed by atoms with Gasteiger partial charge in [-0.3, -0.25) is 9.56 Å². The third kappa shape index (κ3) is 4.73. The van der Waals surface area contributed by atoms with Crippen LogP contribution in [0.15, 0.2) is 65.9 Å². The van der Waals surface area contributed by atoms with Gasteiger partial charge in [0.25, 0.3) is 0 Å². The summed E-state index contributed by atoms with van der Waals surface area (Å²) < 4.78 is 15.5. The predicted molar refractivity (Wildman–Crippen MR) is 109 cm³/mol. The molecule has 0 saturated carbocycles. The molecule has 0 aliphatic carbocycles. The molecule has 1 aromatic heterocycles. The molecule has 0 fully saturated rings. The van der Waals surface area contributed by atoms with E-state index in [1.54, 1.807) is 25.5 Å². The number of rotatable bonds is 6. The van der Waals surface area contributed by atoms with E-state index in [4.69, 9.17) is 0 Å². The zero-order valence-corrected chi connectivity index (χ0v) is 16.4. The van der Waals surface area contributed by atoms with Crippen LogP contribution in [0.1, 0.15) is 25.2 Å². The molecule has 7 heteroatoms. The Balaban J connectivity index is 1.61. The lowest BCUT2D eigenvalue weighted by molar-refractivity contribution is 0.502. The third-order valence-corrected chi connectivity index (χ3v) is 4.59. The van der Waals surface area contributed by atoms with E-state index < -0.39 is 0 Å². The first-order valence-electron chi connectivity index (χ1n) is 9.14. The van der Waals surface area contributed by atoms with Crippen molar-refractivity contribution in [2.24, 2.45) is 4.99 Å². The maximum absolute atomic E-state index is 13.5. The van der Waals surface area contributed by atoms with Crippen molar-refractivity contribution >= 4 is 5.96 Å². The lowest BCUT2D eigenvalue weighted by atomic mass is 9.84. The lowest BCUT2D eigenvalue weighted by Crippen LogP contribution is -2.43. The van der Waals surface area contributed by atoms with E-state index in [-0.39, 0.29) is 11.2 Å². The Hall–Kier alpha value is -3.22. The molecule has 0 aliphatic heterocycles. The summed E-state index contributed by atoms with van der Waals surface area (Å²) in [7, 11) is 1.71. The second-order valence-corrected chi connectivity index (χ2v) is 7.13. The van der Waals surface area contributed by atoms with Gasteiger partial charge in [0.05, 0.1) is 6.54 Å². The van der Waals surface area contributed by atoms with Crippen LogP contribution in [0.3, 0.4) is 0 Å². The number of halogens is 1. The molecule has 0 saturated heterocycles. The first kappa shape index (κ1) is 19.5. The van der Waals surface area contributed by atoms with Gasteiger partial charge < -0.3 is 10.6 Å². The summed E-state index contributed by atoms with van der Waals surface area (Å²) in [5, 5.41) is 14.8. The van der Waals surface area contributed by atoms with Gasteiger partial charge in [-0.2, -0.15) is 0 Å². The number of nitrogens with one attached hydrogen (secondary N) is 2. The van der Waals surface area contributed by atoms with Crippen LogP contribution in [0.25, 0.3) is 5.69 Å². The van der Waals surface area contributed by atoms with E-state index >= 15 is 0 Å². The summed E-state index contributed by atoms with van der Waals surface area (Å²) in [5.74, 6) is 1.19. The maximum Gasteiger partial charge on any atom is 0.191 e. The number of aromatic nitrogens is 3. The minimum Gasteiger partial charge on any atom is -0.356 e. The van der Waals surface area contributed by atoms with Crippen LogP contribution in [0, 0.1) is 5.82 Å². The molecule has 0 unspecified atom stereocenters. The van der Waals surface area contributed by atoms with Crippen molar-refractivity contribution in [2.75, 3.05) is 13.6 Å². The number of guanidine groups is 1. The Kier molecular flexibility index (Phi) is 6.03. The minimum atomic E-state index is -0.260. The van der Waals surface area contributed by atoms with Gasteiger partial charge in [0, 0.05) is 24.7 Å². The van der Waals surface area contributed by atoms with Crippen LogP contribution in [-0.2, 0) is 12.0 Å². The molecule has 6 nitrogen and oxygen atoms in total. The van der Waals surface area contributed by atoms with Crippen molar-refractivity contribution in [3.63, 3.8) is 0 Å². The monoisotopic (exact) mass is 380 g/mol. The molecule has 0 aliphatic rings. The molecule has 3 aromatic rings. The van der Waals surface area contributed by atoms with Crippen molar-refractivity contribution in [3.8, 4) is 5.69 Å². The predicted octanol–water partition coefficient (Wildman–Crippen LogP) is 3.05. The van der Waals surface area contributed by atoms with E-state index in [0.717, 1.165) is 17.1 Å². The molecule has 146 valence electrons. The van der Waals surface area contributed by atoms with Crippen LogP contribution in [-0.4, -0.2) is 34.3 Å². The molecule has 28 heavy (non-hydrogen) atoms. The van der Waals surface area contributed by atoms with Crippen molar-refractivity contribution in [1.29, 1.82) is 0 Å². The smallest absolute Gasteiger partial charge is 0.191 e. The highest BCUT2D eigenvalue weighted by Gasteiger charge is 2.21. The summed E-state index contributed by atoms with van der Waals surface area (Å²) >= 11 is 0. The first-order chi connectivity index (χ1) is 13.5. The van der Waals surface area contributed by atoms with Gasteiger partial charge in [-0.25, -0.2) is 4.39 Å². The van der Waals surface area contributed by atoms with Gasteiger partial charge in [-0.15, -0.1) is 10.2 Å². The average molecular weight is 380 g/mol. The second kappa shape index (κ2) is 8.65. The molecular formula is C21H25FN6. The summed E-state index contributed by atoms with van der Waals surface area (Å²) in [6.07, 6.45) is 1.69. The Morgan fingerprint density at radius 2 is 1.89 bits per heavy atom. The van der Waals surface area contributed by atoms with E-state index in [1.807, 2.05) is 41.0 Å². The SMILES string of the molecule is CN=C(NCc1nncn1-c1ccccc1)NCC(C)(C)c1cccc(F)c1. The number of benzene rings is 2. The van der Waals surface area contributed by atoms with Gasteiger partial charge >= 0.3 is 0 Å². The molecule has 0 radical (unpaired) electrons.